The third-order valence-corrected chi connectivity index (χ3v) is 4.45. The van der Waals surface area contributed by atoms with Crippen LogP contribution in [0.2, 0.25) is 0 Å². The lowest BCUT2D eigenvalue weighted by molar-refractivity contribution is -0.113. The monoisotopic (exact) mass is 300 g/mol. The summed E-state index contributed by atoms with van der Waals surface area (Å²) in [6.45, 7) is 0. The summed E-state index contributed by atoms with van der Waals surface area (Å²) in [7, 11) is 0. The smallest absolute Gasteiger partial charge is 0.236 e. The summed E-state index contributed by atoms with van der Waals surface area (Å²) in [6, 6.07) is 14.4. The number of hydrogen-bond donors (Lipinski definition) is 1. The van der Waals surface area contributed by atoms with Crippen molar-refractivity contribution in [3.63, 3.8) is 0 Å². The number of benzene rings is 2. The first kappa shape index (κ1) is 13.1. The Bertz CT molecular complexity index is 726. The molecule has 0 aliphatic rings. The summed E-state index contributed by atoms with van der Waals surface area (Å²) in [5, 5.41) is 7.67. The van der Waals surface area contributed by atoms with Gasteiger partial charge in [-0.2, -0.15) is 0 Å². The van der Waals surface area contributed by atoms with Crippen LogP contribution in [0, 0.1) is 0 Å². The number of nitrogens with zero attached hydrogens (tertiary/aromatic N) is 1. The number of thiazole rings is 1. The minimum Gasteiger partial charge on any atom is -0.301 e. The molecule has 3 rings (SSSR count). The van der Waals surface area contributed by atoms with E-state index in [1.807, 2.05) is 23.6 Å². The Kier molecular flexibility index (Phi) is 3.99. The maximum atomic E-state index is 11.8. The summed E-state index contributed by atoms with van der Waals surface area (Å²) in [5.41, 5.74) is 0. The van der Waals surface area contributed by atoms with Crippen molar-refractivity contribution in [2.45, 2.75) is 4.90 Å². The second-order valence-corrected chi connectivity index (χ2v) is 6.13. The largest absolute Gasteiger partial charge is 0.301 e. The number of thioether (sulfide) groups is 1. The van der Waals surface area contributed by atoms with Crippen LogP contribution in [0.4, 0.5) is 5.13 Å². The van der Waals surface area contributed by atoms with Gasteiger partial charge in [0, 0.05) is 16.5 Å². The van der Waals surface area contributed by atoms with Crippen LogP contribution in [0.1, 0.15) is 0 Å². The maximum Gasteiger partial charge on any atom is 0.236 e. The van der Waals surface area contributed by atoms with E-state index >= 15 is 0 Å². The number of amides is 1. The predicted molar refractivity (Wildman–Crippen MR) is 85.4 cm³/mol. The molecule has 1 heterocycles. The molecule has 100 valence electrons. The first-order valence-electron chi connectivity index (χ1n) is 6.12. The van der Waals surface area contributed by atoms with Crippen molar-refractivity contribution in [2.24, 2.45) is 0 Å². The zero-order valence-corrected chi connectivity index (χ0v) is 12.2. The van der Waals surface area contributed by atoms with E-state index in [0.29, 0.717) is 10.9 Å². The molecule has 0 unspecified atom stereocenters. The first-order chi connectivity index (χ1) is 9.81. The van der Waals surface area contributed by atoms with Gasteiger partial charge in [0.05, 0.1) is 5.75 Å². The molecule has 0 radical (unpaired) electrons. The second kappa shape index (κ2) is 6.07. The van der Waals surface area contributed by atoms with E-state index in [0.717, 1.165) is 4.90 Å². The maximum absolute atomic E-state index is 11.8. The molecule has 0 bridgehead atoms. The van der Waals surface area contributed by atoms with E-state index in [-0.39, 0.29) is 5.91 Å². The number of carbonyl (C=O) groups is 1. The lowest BCUT2D eigenvalue weighted by atomic mass is 10.1. The third-order valence-electron chi connectivity index (χ3n) is 2.77. The van der Waals surface area contributed by atoms with Crippen molar-refractivity contribution in [2.75, 3.05) is 11.1 Å². The Morgan fingerprint density at radius 1 is 1.20 bits per heavy atom. The zero-order chi connectivity index (χ0) is 13.8. The molecule has 0 atom stereocenters. The molecule has 1 amide bonds. The van der Waals surface area contributed by atoms with Gasteiger partial charge < -0.3 is 5.32 Å². The van der Waals surface area contributed by atoms with Crippen LogP contribution < -0.4 is 5.32 Å². The molecule has 2 aromatic carbocycles. The minimum atomic E-state index is -0.0295. The number of aromatic nitrogens is 1. The van der Waals surface area contributed by atoms with Gasteiger partial charge in [-0.3, -0.25) is 4.79 Å². The van der Waals surface area contributed by atoms with E-state index in [2.05, 4.69) is 34.6 Å². The van der Waals surface area contributed by atoms with Gasteiger partial charge in [-0.05, 0) is 22.9 Å². The van der Waals surface area contributed by atoms with Crippen molar-refractivity contribution in [1.29, 1.82) is 0 Å². The predicted octanol–water partition coefficient (Wildman–Crippen LogP) is 4.03. The summed E-state index contributed by atoms with van der Waals surface area (Å²) in [4.78, 5) is 16.9. The van der Waals surface area contributed by atoms with Crippen LogP contribution in [0.15, 0.2) is 58.9 Å². The quantitative estimate of drug-likeness (QED) is 0.740. The fourth-order valence-electron chi connectivity index (χ4n) is 1.85. The van der Waals surface area contributed by atoms with Crippen LogP contribution in [-0.4, -0.2) is 16.6 Å². The van der Waals surface area contributed by atoms with Crippen molar-refractivity contribution >= 4 is 44.9 Å². The van der Waals surface area contributed by atoms with Crippen LogP contribution >= 0.6 is 23.1 Å². The van der Waals surface area contributed by atoms with Gasteiger partial charge in [0.2, 0.25) is 5.91 Å². The van der Waals surface area contributed by atoms with Crippen molar-refractivity contribution in [3.8, 4) is 0 Å². The summed E-state index contributed by atoms with van der Waals surface area (Å²) in [6.07, 6.45) is 1.68. The van der Waals surface area contributed by atoms with Gasteiger partial charge >= 0.3 is 0 Å². The first-order valence-corrected chi connectivity index (χ1v) is 7.99. The third kappa shape index (κ3) is 3.18. The van der Waals surface area contributed by atoms with Crippen LogP contribution in [-0.2, 0) is 4.79 Å². The highest BCUT2D eigenvalue weighted by Gasteiger charge is 2.05. The van der Waals surface area contributed by atoms with Crippen molar-refractivity contribution in [3.05, 3.63) is 54.0 Å². The Morgan fingerprint density at radius 2 is 2.05 bits per heavy atom. The average Bonchev–Trinajstić information content (AvgIpc) is 2.98. The molecule has 20 heavy (non-hydrogen) atoms. The Morgan fingerprint density at radius 3 is 2.85 bits per heavy atom. The topological polar surface area (TPSA) is 42.0 Å². The summed E-state index contributed by atoms with van der Waals surface area (Å²) in [5.74, 6) is 0.357. The van der Waals surface area contributed by atoms with Gasteiger partial charge in [0.1, 0.15) is 0 Å². The van der Waals surface area contributed by atoms with Gasteiger partial charge in [-0.1, -0.05) is 30.3 Å². The molecular formula is C15H12N2OS2. The highest BCUT2D eigenvalue weighted by molar-refractivity contribution is 8.00. The Balaban J connectivity index is 1.63. The van der Waals surface area contributed by atoms with E-state index in [4.69, 9.17) is 0 Å². The molecule has 0 aliphatic heterocycles. The molecule has 0 aliphatic carbocycles. The van der Waals surface area contributed by atoms with Crippen LogP contribution in [0.25, 0.3) is 10.8 Å². The minimum absolute atomic E-state index is 0.0295. The number of nitrogens with one attached hydrogen (secondary N) is 1. The number of hydrogen-bond acceptors (Lipinski definition) is 4. The van der Waals surface area contributed by atoms with E-state index in [9.17, 15) is 4.79 Å². The molecule has 3 nitrogen and oxygen atoms in total. The Hall–Kier alpha value is -1.85. The van der Waals surface area contributed by atoms with E-state index in [1.54, 1.807) is 6.20 Å². The highest BCUT2D eigenvalue weighted by atomic mass is 32.2. The molecule has 0 spiro atoms. The summed E-state index contributed by atoms with van der Waals surface area (Å²) < 4.78 is 0. The molecule has 5 heteroatoms. The zero-order valence-electron chi connectivity index (χ0n) is 10.6. The molecule has 3 aromatic rings. The highest BCUT2D eigenvalue weighted by Crippen LogP contribution is 2.23. The number of carbonyl (C=O) groups excluding carboxylic acids is 1. The van der Waals surface area contributed by atoms with Gasteiger partial charge in [0.15, 0.2) is 5.13 Å². The van der Waals surface area contributed by atoms with Gasteiger partial charge in [-0.15, -0.1) is 23.1 Å². The van der Waals surface area contributed by atoms with Gasteiger partial charge in [-0.25, -0.2) is 4.98 Å². The molecule has 0 saturated heterocycles. The number of anilines is 1. The lowest BCUT2D eigenvalue weighted by Crippen LogP contribution is -2.13. The normalized spacial score (nSPS) is 10.6. The fourth-order valence-corrected chi connectivity index (χ4v) is 3.14. The standard InChI is InChI=1S/C15H12N2OS2/c18-14(17-15-16-7-8-19-15)10-20-13-6-5-11-3-1-2-4-12(11)9-13/h1-9H,10H2,(H,16,17,18). The lowest BCUT2D eigenvalue weighted by Gasteiger charge is -2.04. The van der Waals surface area contributed by atoms with E-state index in [1.165, 1.54) is 33.9 Å². The Labute approximate surface area is 125 Å². The van der Waals surface area contributed by atoms with Crippen molar-refractivity contribution < 1.29 is 4.79 Å². The van der Waals surface area contributed by atoms with Crippen LogP contribution in [0.5, 0.6) is 0 Å². The average molecular weight is 300 g/mol. The van der Waals surface area contributed by atoms with E-state index < -0.39 is 0 Å². The number of rotatable bonds is 4. The summed E-state index contributed by atoms with van der Waals surface area (Å²) >= 11 is 2.95. The molecular weight excluding hydrogens is 288 g/mol. The molecule has 1 aromatic heterocycles. The SMILES string of the molecule is O=C(CSc1ccc2ccccc2c1)Nc1nccs1. The fraction of sp³-hybridized carbons (Fsp3) is 0.0667. The second-order valence-electron chi connectivity index (χ2n) is 4.18. The van der Waals surface area contributed by atoms with Crippen molar-refractivity contribution in [1.82, 2.24) is 4.98 Å². The van der Waals surface area contributed by atoms with Crippen LogP contribution in [0.3, 0.4) is 0 Å². The molecule has 0 saturated carbocycles. The molecule has 1 N–H and O–H groups in total. The number of fused-ring (bicyclic) bond motifs is 1. The van der Waals surface area contributed by atoms with Gasteiger partial charge in [0.25, 0.3) is 0 Å². The molecule has 0 fully saturated rings.